The third-order valence-electron chi connectivity index (χ3n) is 6.73. The SMILES string of the molecule is CCC(CC)Cn1nc(C(=O)N[C@H](CC(=O)NCc2ncco2)CC(C)C)cc1-c1c(OC)cccc1OC. The second-order valence-corrected chi connectivity index (χ2v) is 10.0. The molecule has 0 aliphatic carbocycles. The van der Waals surface area contributed by atoms with E-state index in [1.54, 1.807) is 20.3 Å². The Bertz CT molecular complexity index is 1180. The molecular formula is C29H41N5O5. The van der Waals surface area contributed by atoms with Gasteiger partial charge in [-0.3, -0.25) is 14.3 Å². The quantitative estimate of drug-likeness (QED) is 0.283. The number of aromatic nitrogens is 3. The van der Waals surface area contributed by atoms with Crippen molar-refractivity contribution >= 4 is 11.8 Å². The maximum Gasteiger partial charge on any atom is 0.272 e. The minimum Gasteiger partial charge on any atom is -0.496 e. The van der Waals surface area contributed by atoms with E-state index in [4.69, 9.17) is 19.0 Å². The molecule has 39 heavy (non-hydrogen) atoms. The third-order valence-corrected chi connectivity index (χ3v) is 6.73. The molecule has 0 unspecified atom stereocenters. The number of oxazole rings is 1. The molecule has 10 nitrogen and oxygen atoms in total. The predicted molar refractivity (Wildman–Crippen MR) is 149 cm³/mol. The van der Waals surface area contributed by atoms with Gasteiger partial charge in [0.25, 0.3) is 5.91 Å². The highest BCUT2D eigenvalue weighted by Gasteiger charge is 2.25. The van der Waals surface area contributed by atoms with Crippen molar-refractivity contribution in [1.82, 2.24) is 25.4 Å². The Morgan fingerprint density at radius 3 is 2.36 bits per heavy atom. The molecule has 0 fully saturated rings. The molecule has 0 saturated heterocycles. The monoisotopic (exact) mass is 539 g/mol. The van der Waals surface area contributed by atoms with Gasteiger partial charge in [-0.1, -0.05) is 46.6 Å². The molecule has 0 bridgehead atoms. The lowest BCUT2D eigenvalue weighted by Crippen LogP contribution is -2.40. The van der Waals surface area contributed by atoms with Crippen LogP contribution in [0.4, 0.5) is 0 Å². The lowest BCUT2D eigenvalue weighted by molar-refractivity contribution is -0.121. The van der Waals surface area contributed by atoms with Gasteiger partial charge in [-0.05, 0) is 36.5 Å². The molecule has 212 valence electrons. The lowest BCUT2D eigenvalue weighted by atomic mass is 10.0. The molecule has 2 amide bonds. The second-order valence-electron chi connectivity index (χ2n) is 10.0. The summed E-state index contributed by atoms with van der Waals surface area (Å²) in [6.45, 7) is 9.25. The van der Waals surface area contributed by atoms with Crippen molar-refractivity contribution in [3.63, 3.8) is 0 Å². The Balaban J connectivity index is 1.87. The van der Waals surface area contributed by atoms with Gasteiger partial charge in [-0.2, -0.15) is 5.10 Å². The van der Waals surface area contributed by atoms with E-state index in [1.165, 1.54) is 12.5 Å². The number of carbonyl (C=O) groups excluding carboxylic acids is 2. The van der Waals surface area contributed by atoms with Gasteiger partial charge in [0, 0.05) is 19.0 Å². The summed E-state index contributed by atoms with van der Waals surface area (Å²) < 4.78 is 18.3. The first kappa shape index (κ1) is 29.7. The maximum absolute atomic E-state index is 13.5. The summed E-state index contributed by atoms with van der Waals surface area (Å²) >= 11 is 0. The van der Waals surface area contributed by atoms with E-state index in [0.29, 0.717) is 36.3 Å². The van der Waals surface area contributed by atoms with E-state index in [9.17, 15) is 9.59 Å². The molecule has 3 rings (SSSR count). The summed E-state index contributed by atoms with van der Waals surface area (Å²) in [7, 11) is 3.22. The Labute approximate surface area is 230 Å². The van der Waals surface area contributed by atoms with Crippen molar-refractivity contribution in [2.24, 2.45) is 11.8 Å². The standard InChI is InChI=1S/C29H41N5O5/c1-7-20(8-2)18-34-23(28-24(37-5)10-9-11-25(28)38-6)16-22(33-34)29(36)32-21(14-19(3)4)15-26(35)31-17-27-30-12-13-39-27/h9-13,16,19-21H,7-8,14-15,17-18H2,1-6H3,(H,31,35)(H,32,36)/t21-/m0/s1. The van der Waals surface area contributed by atoms with Crippen molar-refractivity contribution in [2.45, 2.75) is 72.5 Å². The van der Waals surface area contributed by atoms with Crippen LogP contribution >= 0.6 is 0 Å². The average Bonchev–Trinajstić information content (AvgIpc) is 3.59. The van der Waals surface area contributed by atoms with Crippen LogP contribution in [0.2, 0.25) is 0 Å². The first-order chi connectivity index (χ1) is 18.8. The Morgan fingerprint density at radius 1 is 1.10 bits per heavy atom. The zero-order valence-electron chi connectivity index (χ0n) is 23.8. The van der Waals surface area contributed by atoms with Crippen LogP contribution in [0, 0.1) is 11.8 Å². The van der Waals surface area contributed by atoms with Gasteiger partial charge >= 0.3 is 0 Å². The summed E-state index contributed by atoms with van der Waals surface area (Å²) in [5.74, 6) is 1.82. The van der Waals surface area contributed by atoms with Crippen LogP contribution in [0.25, 0.3) is 11.3 Å². The van der Waals surface area contributed by atoms with Crippen molar-refractivity contribution in [2.75, 3.05) is 14.2 Å². The summed E-state index contributed by atoms with van der Waals surface area (Å²) in [5, 5.41) is 10.6. The van der Waals surface area contributed by atoms with E-state index in [1.807, 2.05) is 22.9 Å². The van der Waals surface area contributed by atoms with Gasteiger partial charge in [-0.15, -0.1) is 0 Å². The number of ether oxygens (including phenoxy) is 2. The molecule has 1 atom stereocenters. The molecule has 0 spiro atoms. The number of rotatable bonds is 15. The molecule has 2 aromatic heterocycles. The van der Waals surface area contributed by atoms with Crippen LogP contribution in [-0.4, -0.2) is 46.8 Å². The lowest BCUT2D eigenvalue weighted by Gasteiger charge is -2.19. The minimum absolute atomic E-state index is 0.131. The van der Waals surface area contributed by atoms with Crippen LogP contribution in [0.1, 0.15) is 69.8 Å². The first-order valence-electron chi connectivity index (χ1n) is 13.5. The van der Waals surface area contributed by atoms with E-state index >= 15 is 0 Å². The number of amides is 2. The topological polar surface area (TPSA) is 121 Å². The number of benzene rings is 1. The van der Waals surface area contributed by atoms with E-state index in [2.05, 4.69) is 43.3 Å². The number of nitrogens with one attached hydrogen (secondary N) is 2. The molecule has 0 radical (unpaired) electrons. The fourth-order valence-electron chi connectivity index (χ4n) is 4.60. The fraction of sp³-hybridized carbons (Fsp3) is 0.517. The van der Waals surface area contributed by atoms with Crippen LogP contribution in [0.3, 0.4) is 0 Å². The molecule has 0 aliphatic rings. The van der Waals surface area contributed by atoms with Crippen molar-refractivity contribution in [1.29, 1.82) is 0 Å². The molecule has 1 aromatic carbocycles. The van der Waals surface area contributed by atoms with Crippen LogP contribution in [0.15, 0.2) is 41.1 Å². The summed E-state index contributed by atoms with van der Waals surface area (Å²) in [4.78, 5) is 30.1. The van der Waals surface area contributed by atoms with Crippen molar-refractivity contribution in [3.8, 4) is 22.8 Å². The zero-order chi connectivity index (χ0) is 28.4. The largest absolute Gasteiger partial charge is 0.496 e. The summed E-state index contributed by atoms with van der Waals surface area (Å²) in [6, 6.07) is 6.99. The molecule has 0 saturated carbocycles. The summed E-state index contributed by atoms with van der Waals surface area (Å²) in [6.07, 6.45) is 5.73. The van der Waals surface area contributed by atoms with Gasteiger partial charge in [-0.25, -0.2) is 4.98 Å². The highest BCUT2D eigenvalue weighted by atomic mass is 16.5. The molecular weight excluding hydrogens is 498 g/mol. The van der Waals surface area contributed by atoms with Gasteiger partial charge in [0.1, 0.15) is 17.8 Å². The fourth-order valence-corrected chi connectivity index (χ4v) is 4.60. The number of carbonyl (C=O) groups is 2. The van der Waals surface area contributed by atoms with E-state index in [0.717, 1.165) is 24.1 Å². The highest BCUT2D eigenvalue weighted by molar-refractivity contribution is 5.94. The Kier molecular flexibility index (Phi) is 11.0. The molecule has 2 N–H and O–H groups in total. The predicted octanol–water partition coefficient (Wildman–Crippen LogP) is 4.84. The van der Waals surface area contributed by atoms with Gasteiger partial charge < -0.3 is 24.5 Å². The van der Waals surface area contributed by atoms with Crippen LogP contribution in [0.5, 0.6) is 11.5 Å². The third kappa shape index (κ3) is 8.08. The molecule has 3 aromatic rings. The number of nitrogens with zero attached hydrogens (tertiary/aromatic N) is 3. The Hall–Kier alpha value is -3.82. The van der Waals surface area contributed by atoms with Gasteiger partial charge in [0.05, 0.1) is 38.2 Å². The van der Waals surface area contributed by atoms with Gasteiger partial charge in [0.2, 0.25) is 11.8 Å². The molecule has 10 heteroatoms. The summed E-state index contributed by atoms with van der Waals surface area (Å²) in [5.41, 5.74) is 1.76. The maximum atomic E-state index is 13.5. The van der Waals surface area contributed by atoms with E-state index < -0.39 is 0 Å². The minimum atomic E-state index is -0.365. The van der Waals surface area contributed by atoms with E-state index in [-0.39, 0.29) is 42.4 Å². The van der Waals surface area contributed by atoms with Gasteiger partial charge in [0.15, 0.2) is 5.69 Å². The zero-order valence-corrected chi connectivity index (χ0v) is 23.8. The van der Waals surface area contributed by atoms with Crippen molar-refractivity contribution in [3.05, 3.63) is 48.3 Å². The Morgan fingerprint density at radius 2 is 1.79 bits per heavy atom. The van der Waals surface area contributed by atoms with Crippen LogP contribution in [-0.2, 0) is 17.9 Å². The average molecular weight is 540 g/mol. The van der Waals surface area contributed by atoms with Crippen molar-refractivity contribution < 1.29 is 23.5 Å². The smallest absolute Gasteiger partial charge is 0.272 e. The molecule has 2 heterocycles. The number of hydrogen-bond acceptors (Lipinski definition) is 7. The second kappa shape index (κ2) is 14.4. The highest BCUT2D eigenvalue weighted by Crippen LogP contribution is 2.39. The number of methoxy groups -OCH3 is 2. The number of hydrogen-bond donors (Lipinski definition) is 2. The first-order valence-corrected chi connectivity index (χ1v) is 13.5. The normalized spacial score (nSPS) is 12.0. The van der Waals surface area contributed by atoms with Crippen LogP contribution < -0.4 is 20.1 Å². The molecule has 0 aliphatic heterocycles.